The van der Waals surface area contributed by atoms with Crippen LogP contribution in [0.1, 0.15) is 17.2 Å². The molecule has 112 valence electrons. The first-order valence-electron chi connectivity index (χ1n) is 6.46. The van der Waals surface area contributed by atoms with Gasteiger partial charge in [-0.1, -0.05) is 39.7 Å². The Balaban J connectivity index is 2.21. The normalized spacial score (nSPS) is 12.0. The molecule has 0 aliphatic carbocycles. The van der Waals surface area contributed by atoms with Crippen LogP contribution in [0.2, 0.25) is 5.02 Å². The number of halogens is 2. The molecule has 0 fully saturated rings. The standard InChI is InChI=1S/C16H17BrClNO2/c1-20-15-6-3-10(8-16(15)21-2)7-14(19)12-5-4-11(18)9-13(12)17/h3-6,8-9,14H,7,19H2,1-2H3. The van der Waals surface area contributed by atoms with E-state index in [1.807, 2.05) is 36.4 Å². The molecule has 0 radical (unpaired) electrons. The van der Waals surface area contributed by atoms with Crippen molar-refractivity contribution in [2.75, 3.05) is 14.2 Å². The fourth-order valence-electron chi connectivity index (χ4n) is 2.17. The van der Waals surface area contributed by atoms with Crippen LogP contribution in [0.15, 0.2) is 40.9 Å². The molecule has 2 aromatic carbocycles. The van der Waals surface area contributed by atoms with Gasteiger partial charge in [-0.15, -0.1) is 0 Å². The van der Waals surface area contributed by atoms with Crippen LogP contribution in [0, 0.1) is 0 Å². The zero-order valence-corrected chi connectivity index (χ0v) is 14.2. The van der Waals surface area contributed by atoms with E-state index in [-0.39, 0.29) is 6.04 Å². The van der Waals surface area contributed by atoms with Gasteiger partial charge >= 0.3 is 0 Å². The van der Waals surface area contributed by atoms with E-state index in [1.165, 1.54) is 0 Å². The van der Waals surface area contributed by atoms with Crippen molar-refractivity contribution < 1.29 is 9.47 Å². The largest absolute Gasteiger partial charge is 0.493 e. The Morgan fingerprint density at radius 1 is 1.10 bits per heavy atom. The van der Waals surface area contributed by atoms with Crippen molar-refractivity contribution in [3.8, 4) is 11.5 Å². The van der Waals surface area contributed by atoms with E-state index in [1.54, 1.807) is 14.2 Å². The van der Waals surface area contributed by atoms with E-state index in [2.05, 4.69) is 15.9 Å². The zero-order chi connectivity index (χ0) is 15.4. The summed E-state index contributed by atoms with van der Waals surface area (Å²) in [5.74, 6) is 1.42. The van der Waals surface area contributed by atoms with Crippen molar-refractivity contribution in [3.05, 3.63) is 57.0 Å². The van der Waals surface area contributed by atoms with Gasteiger partial charge in [-0.05, 0) is 41.8 Å². The lowest BCUT2D eigenvalue weighted by molar-refractivity contribution is 0.354. The molecule has 3 nitrogen and oxygen atoms in total. The Kier molecular flexibility index (Phi) is 5.51. The number of methoxy groups -OCH3 is 2. The van der Waals surface area contributed by atoms with Gasteiger partial charge in [0.15, 0.2) is 11.5 Å². The number of benzene rings is 2. The molecule has 0 aromatic heterocycles. The fourth-order valence-corrected chi connectivity index (χ4v) is 3.15. The first-order chi connectivity index (χ1) is 10.0. The average Bonchev–Trinajstić information content (AvgIpc) is 2.46. The molecule has 0 aliphatic heterocycles. The second kappa shape index (κ2) is 7.16. The van der Waals surface area contributed by atoms with Crippen LogP contribution in [0.3, 0.4) is 0 Å². The summed E-state index contributed by atoms with van der Waals surface area (Å²) < 4.78 is 11.5. The predicted molar refractivity (Wildman–Crippen MR) is 89.3 cm³/mol. The van der Waals surface area contributed by atoms with Crippen LogP contribution in [0.25, 0.3) is 0 Å². The average molecular weight is 371 g/mol. The summed E-state index contributed by atoms with van der Waals surface area (Å²) in [6, 6.07) is 11.3. The summed E-state index contributed by atoms with van der Waals surface area (Å²) in [5.41, 5.74) is 8.40. The molecule has 2 N–H and O–H groups in total. The Bertz CT molecular complexity index is 634. The summed E-state index contributed by atoms with van der Waals surface area (Å²) in [6.07, 6.45) is 0.695. The number of hydrogen-bond donors (Lipinski definition) is 1. The Morgan fingerprint density at radius 2 is 1.81 bits per heavy atom. The van der Waals surface area contributed by atoms with E-state index in [0.29, 0.717) is 22.9 Å². The molecule has 2 aromatic rings. The summed E-state index contributed by atoms with van der Waals surface area (Å²) in [6.45, 7) is 0. The molecule has 2 rings (SSSR count). The third kappa shape index (κ3) is 3.90. The maximum Gasteiger partial charge on any atom is 0.160 e. The first kappa shape index (κ1) is 16.1. The second-order valence-electron chi connectivity index (χ2n) is 4.67. The van der Waals surface area contributed by atoms with Gasteiger partial charge in [0.05, 0.1) is 14.2 Å². The highest BCUT2D eigenvalue weighted by Crippen LogP contribution is 2.31. The molecule has 0 amide bonds. The SMILES string of the molecule is COc1ccc(CC(N)c2ccc(Cl)cc2Br)cc1OC. The molecule has 0 heterocycles. The van der Waals surface area contributed by atoms with Gasteiger partial charge in [-0.3, -0.25) is 0 Å². The van der Waals surface area contributed by atoms with Crippen molar-refractivity contribution in [2.24, 2.45) is 5.73 Å². The van der Waals surface area contributed by atoms with Gasteiger partial charge in [-0.2, -0.15) is 0 Å². The smallest absolute Gasteiger partial charge is 0.160 e. The van der Waals surface area contributed by atoms with Crippen LogP contribution >= 0.6 is 27.5 Å². The molecule has 1 atom stereocenters. The Hall–Kier alpha value is -1.23. The van der Waals surface area contributed by atoms with Crippen molar-refractivity contribution >= 4 is 27.5 Å². The molecule has 0 bridgehead atoms. The molecule has 0 spiro atoms. The van der Waals surface area contributed by atoms with Crippen LogP contribution in [-0.2, 0) is 6.42 Å². The zero-order valence-electron chi connectivity index (χ0n) is 11.9. The molecular formula is C16H17BrClNO2. The molecule has 1 unspecified atom stereocenters. The van der Waals surface area contributed by atoms with Gasteiger partial charge in [0.2, 0.25) is 0 Å². The summed E-state index contributed by atoms with van der Waals surface area (Å²) in [5, 5.41) is 0.684. The van der Waals surface area contributed by atoms with E-state index in [4.69, 9.17) is 26.8 Å². The number of hydrogen-bond acceptors (Lipinski definition) is 3. The molecule has 5 heteroatoms. The van der Waals surface area contributed by atoms with Gasteiger partial charge in [0.1, 0.15) is 0 Å². The van der Waals surface area contributed by atoms with Crippen molar-refractivity contribution in [1.29, 1.82) is 0 Å². The van der Waals surface area contributed by atoms with E-state index in [0.717, 1.165) is 15.6 Å². The number of ether oxygens (including phenoxy) is 2. The molecule has 21 heavy (non-hydrogen) atoms. The third-order valence-electron chi connectivity index (χ3n) is 3.27. The summed E-state index contributed by atoms with van der Waals surface area (Å²) in [7, 11) is 3.24. The number of nitrogens with two attached hydrogens (primary N) is 1. The Morgan fingerprint density at radius 3 is 2.43 bits per heavy atom. The quantitative estimate of drug-likeness (QED) is 0.850. The first-order valence-corrected chi connectivity index (χ1v) is 7.63. The van der Waals surface area contributed by atoms with E-state index in [9.17, 15) is 0 Å². The van der Waals surface area contributed by atoms with Crippen LogP contribution in [0.4, 0.5) is 0 Å². The predicted octanol–water partition coefficient (Wildman–Crippen LogP) is 4.36. The topological polar surface area (TPSA) is 44.5 Å². The molecule has 0 aliphatic rings. The highest BCUT2D eigenvalue weighted by molar-refractivity contribution is 9.10. The van der Waals surface area contributed by atoms with Crippen molar-refractivity contribution in [1.82, 2.24) is 0 Å². The summed E-state index contributed by atoms with van der Waals surface area (Å²) >= 11 is 9.46. The minimum atomic E-state index is -0.130. The molecule has 0 saturated carbocycles. The summed E-state index contributed by atoms with van der Waals surface area (Å²) in [4.78, 5) is 0. The van der Waals surface area contributed by atoms with Crippen molar-refractivity contribution in [2.45, 2.75) is 12.5 Å². The van der Waals surface area contributed by atoms with Crippen LogP contribution in [-0.4, -0.2) is 14.2 Å². The van der Waals surface area contributed by atoms with Crippen LogP contribution < -0.4 is 15.2 Å². The highest BCUT2D eigenvalue weighted by atomic mass is 79.9. The second-order valence-corrected chi connectivity index (χ2v) is 5.96. The van der Waals surface area contributed by atoms with E-state index < -0.39 is 0 Å². The maximum atomic E-state index is 6.29. The lowest BCUT2D eigenvalue weighted by atomic mass is 9.99. The lowest BCUT2D eigenvalue weighted by Crippen LogP contribution is -2.14. The van der Waals surface area contributed by atoms with Crippen LogP contribution in [0.5, 0.6) is 11.5 Å². The molecular weight excluding hydrogens is 354 g/mol. The number of rotatable bonds is 5. The highest BCUT2D eigenvalue weighted by Gasteiger charge is 2.13. The fraction of sp³-hybridized carbons (Fsp3) is 0.250. The minimum Gasteiger partial charge on any atom is -0.493 e. The van der Waals surface area contributed by atoms with Gasteiger partial charge in [0.25, 0.3) is 0 Å². The van der Waals surface area contributed by atoms with Gasteiger partial charge < -0.3 is 15.2 Å². The third-order valence-corrected chi connectivity index (χ3v) is 4.19. The van der Waals surface area contributed by atoms with Crippen molar-refractivity contribution in [3.63, 3.8) is 0 Å². The minimum absolute atomic E-state index is 0.130. The Labute approximate surface area is 138 Å². The molecule has 0 saturated heterocycles. The van der Waals surface area contributed by atoms with Gasteiger partial charge in [-0.25, -0.2) is 0 Å². The van der Waals surface area contributed by atoms with Gasteiger partial charge in [0, 0.05) is 15.5 Å². The maximum absolute atomic E-state index is 6.29. The monoisotopic (exact) mass is 369 g/mol. The lowest BCUT2D eigenvalue weighted by Gasteiger charge is -2.15. The van der Waals surface area contributed by atoms with E-state index >= 15 is 0 Å².